The maximum absolute atomic E-state index is 8.74. The largest absolute Gasteiger partial charge is 0.392 e. The third kappa shape index (κ3) is 1.32. The average Bonchev–Trinajstić information content (AvgIpc) is 2.36. The van der Waals surface area contributed by atoms with Gasteiger partial charge >= 0.3 is 0 Å². The number of azide groups is 1. The lowest BCUT2D eigenvalue weighted by Gasteiger charge is -2.12. The van der Waals surface area contributed by atoms with E-state index in [0.717, 1.165) is 19.4 Å². The van der Waals surface area contributed by atoms with E-state index in [2.05, 4.69) is 10.1 Å². The van der Waals surface area contributed by atoms with Crippen LogP contribution >= 0.6 is 0 Å². The van der Waals surface area contributed by atoms with E-state index >= 15 is 0 Å². The van der Waals surface area contributed by atoms with Crippen LogP contribution in [0.1, 0.15) is 12.8 Å². The van der Waals surface area contributed by atoms with Crippen molar-refractivity contribution in [3.05, 3.63) is 10.4 Å². The lowest BCUT2D eigenvalue weighted by atomic mass is 10.2. The van der Waals surface area contributed by atoms with Crippen LogP contribution < -0.4 is 0 Å². The maximum atomic E-state index is 8.74. The van der Waals surface area contributed by atoms with Crippen LogP contribution in [0.25, 0.3) is 10.4 Å². The summed E-state index contributed by atoms with van der Waals surface area (Å²) in [6.45, 7) is 0.855. The first-order valence-electron chi connectivity index (χ1n) is 3.31. The molecule has 0 aromatic heterocycles. The van der Waals surface area contributed by atoms with Crippen molar-refractivity contribution < 1.29 is 5.11 Å². The Hall–Kier alpha value is -0.930. The minimum absolute atomic E-state index is 0.0518. The van der Waals surface area contributed by atoms with E-state index in [0.29, 0.717) is 0 Å². The van der Waals surface area contributed by atoms with Gasteiger partial charge in [0.2, 0.25) is 0 Å². The molecule has 56 valence electrons. The van der Waals surface area contributed by atoms with Gasteiger partial charge < -0.3 is 5.11 Å². The first kappa shape index (κ1) is 7.18. The van der Waals surface area contributed by atoms with Gasteiger partial charge in [0.05, 0.1) is 13.2 Å². The molecule has 0 bridgehead atoms. The molecule has 0 aromatic carbocycles. The summed E-state index contributed by atoms with van der Waals surface area (Å²) in [5.41, 5.74) is 8.07. The van der Waals surface area contributed by atoms with E-state index in [9.17, 15) is 0 Å². The second kappa shape index (κ2) is 3.29. The molecule has 1 N–H and O–H groups in total. The topological polar surface area (TPSA) is 72.2 Å². The molecular weight excluding hydrogens is 132 g/mol. The van der Waals surface area contributed by atoms with Crippen LogP contribution in [-0.4, -0.2) is 29.3 Å². The summed E-state index contributed by atoms with van der Waals surface area (Å²) in [4.78, 5) is 2.66. The zero-order valence-corrected chi connectivity index (χ0v) is 5.64. The van der Waals surface area contributed by atoms with Gasteiger partial charge in [-0.3, -0.25) is 0 Å². The van der Waals surface area contributed by atoms with Gasteiger partial charge in [-0.25, -0.2) is 5.01 Å². The second-order valence-electron chi connectivity index (χ2n) is 2.32. The quantitative estimate of drug-likeness (QED) is 0.349. The summed E-state index contributed by atoms with van der Waals surface area (Å²) < 4.78 is 0. The molecule has 1 heterocycles. The summed E-state index contributed by atoms with van der Waals surface area (Å²) in [5.74, 6) is 0. The Kier molecular flexibility index (Phi) is 2.36. The third-order valence-electron chi connectivity index (χ3n) is 1.71. The summed E-state index contributed by atoms with van der Waals surface area (Å²) in [7, 11) is 0. The van der Waals surface area contributed by atoms with Crippen molar-refractivity contribution in [1.29, 1.82) is 0 Å². The van der Waals surface area contributed by atoms with E-state index in [1.54, 1.807) is 5.01 Å². The van der Waals surface area contributed by atoms with Crippen molar-refractivity contribution >= 4 is 0 Å². The van der Waals surface area contributed by atoms with E-state index in [-0.39, 0.29) is 12.6 Å². The molecule has 1 atom stereocenters. The predicted octanol–water partition coefficient (Wildman–Crippen LogP) is 0.668. The maximum Gasteiger partial charge on any atom is 0.122 e. The highest BCUT2D eigenvalue weighted by molar-refractivity contribution is 4.75. The number of rotatable bonds is 2. The molecule has 10 heavy (non-hydrogen) atoms. The average molecular weight is 142 g/mol. The standard InChI is InChI=1S/C5H10N4O/c6-7-8-9-3-1-2-5(9)4-10/h5,10H,1-4H2. The van der Waals surface area contributed by atoms with Gasteiger partial charge in [0.25, 0.3) is 0 Å². The number of nitrogens with zero attached hydrogens (tertiary/aromatic N) is 4. The van der Waals surface area contributed by atoms with Crippen molar-refractivity contribution in [2.75, 3.05) is 13.2 Å². The highest BCUT2D eigenvalue weighted by Gasteiger charge is 2.25. The van der Waals surface area contributed by atoms with Crippen LogP contribution in [0.5, 0.6) is 0 Å². The monoisotopic (exact) mass is 142 g/mol. The molecule has 1 rings (SSSR count). The molecule has 0 spiro atoms. The van der Waals surface area contributed by atoms with Crippen molar-refractivity contribution in [3.8, 4) is 0 Å². The van der Waals surface area contributed by atoms with Crippen LogP contribution in [0.3, 0.4) is 0 Å². The molecule has 1 aliphatic heterocycles. The minimum Gasteiger partial charge on any atom is -0.392 e. The lowest BCUT2D eigenvalue weighted by Crippen LogP contribution is -2.26. The Balaban J connectivity index is 2.49. The Labute approximate surface area is 58.9 Å². The molecule has 0 aliphatic carbocycles. The molecule has 5 heteroatoms. The van der Waals surface area contributed by atoms with Gasteiger partial charge in [0.1, 0.15) is 6.04 Å². The summed E-state index contributed by atoms with van der Waals surface area (Å²) in [6, 6.07) is 0.0518. The van der Waals surface area contributed by atoms with Crippen molar-refractivity contribution in [3.63, 3.8) is 0 Å². The van der Waals surface area contributed by atoms with Crippen LogP contribution in [0.15, 0.2) is 5.22 Å². The molecule has 1 fully saturated rings. The minimum atomic E-state index is 0.0518. The molecule has 1 saturated heterocycles. The van der Waals surface area contributed by atoms with E-state index in [1.807, 2.05) is 0 Å². The van der Waals surface area contributed by atoms with Gasteiger partial charge in [-0.15, -0.1) is 5.53 Å². The molecule has 1 unspecified atom stereocenters. The van der Waals surface area contributed by atoms with Crippen LogP contribution in [0.2, 0.25) is 0 Å². The highest BCUT2D eigenvalue weighted by atomic mass is 16.3. The first-order chi connectivity index (χ1) is 4.88. The number of aliphatic hydroxyl groups excluding tert-OH is 1. The number of hydrogen-bond acceptors (Lipinski definition) is 2. The lowest BCUT2D eigenvalue weighted by molar-refractivity contribution is 0.161. The number of hydrogen-bond donors (Lipinski definition) is 1. The fraction of sp³-hybridized carbons (Fsp3) is 1.00. The number of aliphatic hydroxyl groups is 1. The fourth-order valence-corrected chi connectivity index (χ4v) is 1.18. The van der Waals surface area contributed by atoms with Crippen LogP contribution in [0.4, 0.5) is 0 Å². The second-order valence-corrected chi connectivity index (χ2v) is 2.32. The smallest absolute Gasteiger partial charge is 0.122 e. The Bertz CT molecular complexity index is 154. The Morgan fingerprint density at radius 3 is 3.20 bits per heavy atom. The van der Waals surface area contributed by atoms with Crippen molar-refractivity contribution in [2.45, 2.75) is 18.9 Å². The zero-order chi connectivity index (χ0) is 7.40. The highest BCUT2D eigenvalue weighted by Crippen LogP contribution is 2.16. The Morgan fingerprint density at radius 2 is 2.60 bits per heavy atom. The third-order valence-corrected chi connectivity index (χ3v) is 1.71. The van der Waals surface area contributed by atoms with E-state index in [4.69, 9.17) is 10.6 Å². The molecule has 1 aliphatic rings. The summed E-state index contributed by atoms with van der Waals surface area (Å²) in [5, 5.41) is 13.8. The molecule has 5 nitrogen and oxygen atoms in total. The molecular formula is C5H10N4O. The molecule has 0 amide bonds. The van der Waals surface area contributed by atoms with Gasteiger partial charge in [-0.1, -0.05) is 0 Å². The predicted molar refractivity (Wildman–Crippen MR) is 36.0 cm³/mol. The molecule has 0 aromatic rings. The normalized spacial score (nSPS) is 24.5. The Morgan fingerprint density at radius 1 is 1.80 bits per heavy atom. The first-order valence-corrected chi connectivity index (χ1v) is 3.31. The van der Waals surface area contributed by atoms with Gasteiger partial charge in [0, 0.05) is 0 Å². The van der Waals surface area contributed by atoms with E-state index < -0.39 is 0 Å². The van der Waals surface area contributed by atoms with Crippen molar-refractivity contribution in [2.24, 2.45) is 5.22 Å². The van der Waals surface area contributed by atoms with Crippen LogP contribution in [0, 0.1) is 0 Å². The van der Waals surface area contributed by atoms with Gasteiger partial charge in [-0.2, -0.15) is 4.91 Å². The van der Waals surface area contributed by atoms with Gasteiger partial charge in [-0.05, 0) is 18.1 Å². The van der Waals surface area contributed by atoms with E-state index in [1.165, 1.54) is 0 Å². The van der Waals surface area contributed by atoms with Gasteiger partial charge in [0.15, 0.2) is 0 Å². The SMILES string of the molecule is [N-]=[N+]=NN1CCCC1CO. The summed E-state index contributed by atoms with van der Waals surface area (Å²) in [6.07, 6.45) is 1.93. The molecule has 0 saturated carbocycles. The molecule has 0 radical (unpaired) electrons. The zero-order valence-electron chi connectivity index (χ0n) is 5.64. The summed E-state index contributed by atoms with van der Waals surface area (Å²) >= 11 is 0. The van der Waals surface area contributed by atoms with Crippen LogP contribution in [-0.2, 0) is 0 Å². The van der Waals surface area contributed by atoms with Crippen molar-refractivity contribution in [1.82, 2.24) is 5.01 Å². The fourth-order valence-electron chi connectivity index (χ4n) is 1.18.